The van der Waals surface area contributed by atoms with E-state index in [1.807, 2.05) is 32.0 Å². The van der Waals surface area contributed by atoms with Gasteiger partial charge in [0.2, 0.25) is 0 Å². The van der Waals surface area contributed by atoms with Gasteiger partial charge in [0.05, 0.1) is 25.8 Å². The molecule has 5 nitrogen and oxygen atoms in total. The van der Waals surface area contributed by atoms with E-state index in [4.69, 9.17) is 22.1 Å². The summed E-state index contributed by atoms with van der Waals surface area (Å²) in [6.07, 6.45) is 0. The quantitative estimate of drug-likeness (QED) is 0.642. The summed E-state index contributed by atoms with van der Waals surface area (Å²) in [7, 11) is 0. The lowest BCUT2D eigenvalue weighted by atomic mass is 10.0. The molecule has 1 saturated heterocycles. The van der Waals surface area contributed by atoms with E-state index in [2.05, 4.69) is 21.3 Å². The highest BCUT2D eigenvalue weighted by molar-refractivity contribution is 6.31. The van der Waals surface area contributed by atoms with E-state index in [9.17, 15) is 0 Å². The molecule has 6 heteroatoms. The second-order valence-corrected chi connectivity index (χ2v) is 6.12. The largest absolute Gasteiger partial charge is 0.379 e. The zero-order valence-electron chi connectivity index (χ0n) is 13.3. The van der Waals surface area contributed by atoms with Crippen LogP contribution in [0.2, 0.25) is 5.02 Å². The Bertz CT molecular complexity index is 501. The molecule has 0 radical (unpaired) electrons. The maximum absolute atomic E-state index is 6.38. The number of rotatable bonds is 5. The van der Waals surface area contributed by atoms with Crippen molar-refractivity contribution < 1.29 is 4.74 Å². The lowest BCUT2D eigenvalue weighted by Gasteiger charge is -2.34. The summed E-state index contributed by atoms with van der Waals surface area (Å²) in [5, 5.41) is 3.89. The van der Waals surface area contributed by atoms with Crippen molar-refractivity contribution in [2.45, 2.75) is 25.9 Å². The first-order valence-electron chi connectivity index (χ1n) is 7.70. The molecule has 1 heterocycles. The van der Waals surface area contributed by atoms with Gasteiger partial charge >= 0.3 is 0 Å². The SMILES string of the molecule is CC(C)NC(N)=NCC(c1ccccc1Cl)N1CCOCC1. The van der Waals surface area contributed by atoms with Crippen LogP contribution in [-0.4, -0.2) is 49.7 Å². The highest BCUT2D eigenvalue weighted by Crippen LogP contribution is 2.28. The van der Waals surface area contributed by atoms with Crippen molar-refractivity contribution in [2.24, 2.45) is 10.7 Å². The van der Waals surface area contributed by atoms with Gasteiger partial charge in [0.15, 0.2) is 5.96 Å². The highest BCUT2D eigenvalue weighted by atomic mass is 35.5. The van der Waals surface area contributed by atoms with Gasteiger partial charge in [0.1, 0.15) is 0 Å². The third-order valence-corrected chi connectivity index (χ3v) is 3.97. The molecule has 1 aromatic rings. The molecule has 3 N–H and O–H groups in total. The molecule has 1 aromatic carbocycles. The lowest BCUT2D eigenvalue weighted by Crippen LogP contribution is -2.41. The van der Waals surface area contributed by atoms with Crippen LogP contribution in [-0.2, 0) is 4.74 Å². The Hall–Kier alpha value is -1.30. The van der Waals surface area contributed by atoms with Crippen LogP contribution in [0.25, 0.3) is 0 Å². The molecule has 1 unspecified atom stereocenters. The molecule has 0 bridgehead atoms. The second kappa shape index (κ2) is 8.36. The predicted octanol–water partition coefficient (Wildman–Crippen LogP) is 2.03. The van der Waals surface area contributed by atoms with Crippen LogP contribution in [0.15, 0.2) is 29.3 Å². The fourth-order valence-corrected chi connectivity index (χ4v) is 2.83. The van der Waals surface area contributed by atoms with Crippen LogP contribution in [0.1, 0.15) is 25.5 Å². The summed E-state index contributed by atoms with van der Waals surface area (Å²) >= 11 is 6.38. The number of nitrogens with one attached hydrogen (secondary N) is 1. The number of guanidine groups is 1. The Morgan fingerprint density at radius 1 is 1.36 bits per heavy atom. The number of benzene rings is 1. The third kappa shape index (κ3) is 4.87. The normalized spacial score (nSPS) is 18.5. The van der Waals surface area contributed by atoms with Crippen molar-refractivity contribution in [3.63, 3.8) is 0 Å². The Morgan fingerprint density at radius 3 is 2.68 bits per heavy atom. The molecular formula is C16H25ClN4O. The number of nitrogens with two attached hydrogens (primary N) is 1. The summed E-state index contributed by atoms with van der Waals surface area (Å²) in [4.78, 5) is 6.86. The van der Waals surface area contributed by atoms with Gasteiger partial charge in [-0.05, 0) is 25.5 Å². The molecule has 1 atom stereocenters. The number of hydrogen-bond donors (Lipinski definition) is 2. The average Bonchev–Trinajstić information content (AvgIpc) is 2.49. The predicted molar refractivity (Wildman–Crippen MR) is 91.3 cm³/mol. The maximum Gasteiger partial charge on any atom is 0.188 e. The van der Waals surface area contributed by atoms with Gasteiger partial charge in [-0.25, -0.2) is 0 Å². The molecule has 0 aromatic heterocycles. The summed E-state index contributed by atoms with van der Waals surface area (Å²) in [5.74, 6) is 0.473. The molecule has 0 aliphatic carbocycles. The van der Waals surface area contributed by atoms with Gasteiger partial charge in [0.25, 0.3) is 0 Å². The minimum atomic E-state index is 0.116. The number of ether oxygens (including phenoxy) is 1. The molecule has 0 amide bonds. The smallest absolute Gasteiger partial charge is 0.188 e. The topological polar surface area (TPSA) is 62.9 Å². The van der Waals surface area contributed by atoms with Crippen molar-refractivity contribution in [3.8, 4) is 0 Å². The van der Waals surface area contributed by atoms with Crippen LogP contribution >= 0.6 is 11.6 Å². The zero-order chi connectivity index (χ0) is 15.9. The Morgan fingerprint density at radius 2 is 2.05 bits per heavy atom. The van der Waals surface area contributed by atoms with Gasteiger partial charge in [0, 0.05) is 24.2 Å². The van der Waals surface area contributed by atoms with Crippen LogP contribution in [0.4, 0.5) is 0 Å². The number of morpholine rings is 1. The molecule has 22 heavy (non-hydrogen) atoms. The Kier molecular flexibility index (Phi) is 6.49. The summed E-state index contributed by atoms with van der Waals surface area (Å²) < 4.78 is 5.45. The molecule has 122 valence electrons. The monoisotopic (exact) mass is 324 g/mol. The molecule has 1 fully saturated rings. The molecular weight excluding hydrogens is 300 g/mol. The van der Waals surface area contributed by atoms with Crippen LogP contribution < -0.4 is 11.1 Å². The van der Waals surface area contributed by atoms with E-state index in [0.29, 0.717) is 12.5 Å². The lowest BCUT2D eigenvalue weighted by molar-refractivity contribution is 0.0180. The molecule has 0 spiro atoms. The summed E-state index contributed by atoms with van der Waals surface area (Å²) in [5.41, 5.74) is 7.02. The first kappa shape index (κ1) is 17.1. The standard InChI is InChI=1S/C16H25ClN4O/c1-12(2)20-16(18)19-11-15(21-7-9-22-10-8-21)13-5-3-4-6-14(13)17/h3-6,12,15H,7-11H2,1-2H3,(H3,18,19,20). The molecule has 2 rings (SSSR count). The van der Waals surface area contributed by atoms with Gasteiger partial charge in [-0.2, -0.15) is 0 Å². The summed E-state index contributed by atoms with van der Waals surface area (Å²) in [6, 6.07) is 8.32. The van der Waals surface area contributed by atoms with E-state index >= 15 is 0 Å². The van der Waals surface area contributed by atoms with Crippen molar-refractivity contribution in [2.75, 3.05) is 32.8 Å². The fourth-order valence-electron chi connectivity index (χ4n) is 2.57. The van der Waals surface area contributed by atoms with E-state index < -0.39 is 0 Å². The van der Waals surface area contributed by atoms with E-state index in [1.165, 1.54) is 0 Å². The third-order valence-electron chi connectivity index (χ3n) is 3.62. The van der Waals surface area contributed by atoms with Gasteiger partial charge < -0.3 is 15.8 Å². The first-order chi connectivity index (χ1) is 10.6. The van der Waals surface area contributed by atoms with E-state index in [0.717, 1.165) is 36.9 Å². The maximum atomic E-state index is 6.38. The van der Waals surface area contributed by atoms with Gasteiger partial charge in [-0.1, -0.05) is 29.8 Å². The second-order valence-electron chi connectivity index (χ2n) is 5.71. The average molecular weight is 325 g/mol. The minimum absolute atomic E-state index is 0.116. The van der Waals surface area contributed by atoms with Crippen molar-refractivity contribution in [3.05, 3.63) is 34.9 Å². The van der Waals surface area contributed by atoms with Crippen molar-refractivity contribution in [1.29, 1.82) is 0 Å². The van der Waals surface area contributed by atoms with Crippen LogP contribution in [0.3, 0.4) is 0 Å². The molecule has 1 aliphatic heterocycles. The molecule has 1 aliphatic rings. The fraction of sp³-hybridized carbons (Fsp3) is 0.562. The minimum Gasteiger partial charge on any atom is -0.379 e. The summed E-state index contributed by atoms with van der Waals surface area (Å²) in [6.45, 7) is 7.89. The van der Waals surface area contributed by atoms with Gasteiger partial charge in [-0.15, -0.1) is 0 Å². The van der Waals surface area contributed by atoms with Crippen molar-refractivity contribution in [1.82, 2.24) is 10.2 Å². The van der Waals surface area contributed by atoms with E-state index in [1.54, 1.807) is 0 Å². The first-order valence-corrected chi connectivity index (χ1v) is 8.08. The van der Waals surface area contributed by atoms with E-state index in [-0.39, 0.29) is 12.1 Å². The van der Waals surface area contributed by atoms with Crippen molar-refractivity contribution >= 4 is 17.6 Å². The molecule has 0 saturated carbocycles. The number of nitrogens with zero attached hydrogens (tertiary/aromatic N) is 2. The zero-order valence-corrected chi connectivity index (χ0v) is 14.0. The number of halogens is 1. The highest BCUT2D eigenvalue weighted by Gasteiger charge is 2.24. The van der Waals surface area contributed by atoms with Gasteiger partial charge in [-0.3, -0.25) is 9.89 Å². The Labute approximate surface area is 137 Å². The Balaban J connectivity index is 2.16. The van der Waals surface area contributed by atoms with Crippen LogP contribution in [0.5, 0.6) is 0 Å². The number of hydrogen-bond acceptors (Lipinski definition) is 3. The number of aliphatic imine (C=N–C) groups is 1. The van der Waals surface area contributed by atoms with Crippen LogP contribution in [0, 0.1) is 0 Å².